The van der Waals surface area contributed by atoms with Crippen LogP contribution in [0.1, 0.15) is 26.3 Å². The number of aliphatic imine (C=N–C) groups is 1. The molecule has 118 valence electrons. The molecule has 0 unspecified atom stereocenters. The summed E-state index contributed by atoms with van der Waals surface area (Å²) >= 11 is 0. The van der Waals surface area contributed by atoms with E-state index in [0.29, 0.717) is 6.42 Å². The van der Waals surface area contributed by atoms with Gasteiger partial charge in [0.2, 0.25) is 12.0 Å². The van der Waals surface area contributed by atoms with Gasteiger partial charge < -0.3 is 10.1 Å². The molecule has 6 heteroatoms. The van der Waals surface area contributed by atoms with Crippen LogP contribution < -0.4 is 5.32 Å². The zero-order valence-corrected chi connectivity index (χ0v) is 13.0. The largest absolute Gasteiger partial charge is 0.458 e. The van der Waals surface area contributed by atoms with Crippen LogP contribution in [0.2, 0.25) is 0 Å². The first-order valence-electron chi connectivity index (χ1n) is 6.91. The third-order valence-corrected chi connectivity index (χ3v) is 2.60. The van der Waals surface area contributed by atoms with Crippen LogP contribution in [-0.4, -0.2) is 36.1 Å². The summed E-state index contributed by atoms with van der Waals surface area (Å²) in [6, 6.07) is 8.43. The van der Waals surface area contributed by atoms with Crippen molar-refractivity contribution in [3.63, 3.8) is 0 Å². The molecule has 0 saturated carbocycles. The molecule has 0 aliphatic heterocycles. The summed E-state index contributed by atoms with van der Waals surface area (Å²) in [7, 11) is 0. The molecule has 0 saturated heterocycles. The molecule has 0 spiro atoms. The maximum atomic E-state index is 12.2. The Morgan fingerprint density at radius 2 is 1.91 bits per heavy atom. The monoisotopic (exact) mass is 304 g/mol. The van der Waals surface area contributed by atoms with Crippen LogP contribution in [0.5, 0.6) is 0 Å². The highest BCUT2D eigenvalue weighted by molar-refractivity contribution is 5.86. The van der Waals surface area contributed by atoms with E-state index >= 15 is 0 Å². The molecular weight excluding hydrogens is 284 g/mol. The molecule has 0 aliphatic carbocycles. The van der Waals surface area contributed by atoms with Gasteiger partial charge in [-0.3, -0.25) is 4.79 Å². The summed E-state index contributed by atoms with van der Waals surface area (Å²) in [4.78, 5) is 37.1. The Bertz CT molecular complexity index is 557. The van der Waals surface area contributed by atoms with E-state index in [4.69, 9.17) is 4.74 Å². The molecule has 0 aromatic heterocycles. The average molecular weight is 304 g/mol. The highest BCUT2D eigenvalue weighted by atomic mass is 16.6. The van der Waals surface area contributed by atoms with E-state index in [9.17, 15) is 14.4 Å². The van der Waals surface area contributed by atoms with Crippen LogP contribution in [0.3, 0.4) is 0 Å². The fourth-order valence-corrected chi connectivity index (χ4v) is 1.76. The van der Waals surface area contributed by atoms with E-state index in [2.05, 4.69) is 10.3 Å². The number of isocyanates is 1. The highest BCUT2D eigenvalue weighted by Gasteiger charge is 2.26. The standard InChI is InChI=1S/C16H20N2O4/c1-16(2,3)22-15(21)13(18-14(20)10-17-11-19)9-12-7-5-4-6-8-12/h4-8,13H,9-10H2,1-3H3,(H,18,20)/t13-/m0/s1. The second kappa shape index (κ2) is 8.10. The molecule has 1 aromatic rings. The number of nitrogens with one attached hydrogen (secondary N) is 1. The van der Waals surface area contributed by atoms with Crippen molar-refractivity contribution in [3.05, 3.63) is 35.9 Å². The lowest BCUT2D eigenvalue weighted by atomic mass is 10.1. The Labute approximate surface area is 129 Å². The number of benzene rings is 1. The first-order chi connectivity index (χ1) is 10.3. The van der Waals surface area contributed by atoms with Crippen molar-refractivity contribution >= 4 is 18.0 Å². The van der Waals surface area contributed by atoms with Crippen LogP contribution >= 0.6 is 0 Å². The quantitative estimate of drug-likeness (QED) is 0.489. The van der Waals surface area contributed by atoms with Gasteiger partial charge in [-0.25, -0.2) is 9.59 Å². The fourth-order valence-electron chi connectivity index (χ4n) is 1.76. The highest BCUT2D eigenvalue weighted by Crippen LogP contribution is 2.11. The number of hydrogen-bond acceptors (Lipinski definition) is 5. The summed E-state index contributed by atoms with van der Waals surface area (Å²) in [6.45, 7) is 4.90. The van der Waals surface area contributed by atoms with E-state index in [1.807, 2.05) is 30.3 Å². The number of carbonyl (C=O) groups is 2. The van der Waals surface area contributed by atoms with Gasteiger partial charge in [0.1, 0.15) is 18.2 Å². The Kier molecular flexibility index (Phi) is 6.47. The summed E-state index contributed by atoms with van der Waals surface area (Å²) in [5, 5.41) is 2.54. The predicted molar refractivity (Wildman–Crippen MR) is 80.9 cm³/mol. The number of carbonyl (C=O) groups excluding carboxylic acids is 3. The molecule has 1 N–H and O–H groups in total. The molecule has 0 heterocycles. The summed E-state index contributed by atoms with van der Waals surface area (Å²) in [5.41, 5.74) is 0.232. The smallest absolute Gasteiger partial charge is 0.329 e. The summed E-state index contributed by atoms with van der Waals surface area (Å²) in [5.74, 6) is -1.06. The van der Waals surface area contributed by atoms with E-state index in [1.165, 1.54) is 6.08 Å². The van der Waals surface area contributed by atoms with E-state index in [1.54, 1.807) is 20.8 Å². The molecule has 22 heavy (non-hydrogen) atoms. The molecule has 1 rings (SSSR count). The minimum absolute atomic E-state index is 0.298. The second-order valence-corrected chi connectivity index (χ2v) is 5.75. The van der Waals surface area contributed by atoms with E-state index in [0.717, 1.165) is 5.56 Å². The SMILES string of the molecule is CC(C)(C)OC(=O)[C@H](Cc1ccccc1)NC(=O)CN=C=O. The van der Waals surface area contributed by atoms with Gasteiger partial charge >= 0.3 is 5.97 Å². The lowest BCUT2D eigenvalue weighted by molar-refractivity contribution is -0.158. The molecule has 1 amide bonds. The first-order valence-corrected chi connectivity index (χ1v) is 6.91. The normalized spacial score (nSPS) is 12.0. The van der Waals surface area contributed by atoms with Crippen molar-refractivity contribution < 1.29 is 19.1 Å². The zero-order chi connectivity index (χ0) is 16.6. The third-order valence-electron chi connectivity index (χ3n) is 2.60. The van der Waals surface area contributed by atoms with Crippen LogP contribution in [0.15, 0.2) is 35.3 Å². The molecule has 0 radical (unpaired) electrons. The van der Waals surface area contributed by atoms with Crippen molar-refractivity contribution in [1.82, 2.24) is 5.32 Å². The van der Waals surface area contributed by atoms with Gasteiger partial charge in [-0.2, -0.15) is 4.99 Å². The molecule has 0 aliphatic rings. The lowest BCUT2D eigenvalue weighted by Gasteiger charge is -2.24. The van der Waals surface area contributed by atoms with Crippen molar-refractivity contribution in [3.8, 4) is 0 Å². The molecule has 0 bridgehead atoms. The van der Waals surface area contributed by atoms with Gasteiger partial charge in [0.15, 0.2) is 0 Å². The van der Waals surface area contributed by atoms with Crippen molar-refractivity contribution in [2.24, 2.45) is 4.99 Å². The van der Waals surface area contributed by atoms with Gasteiger partial charge in [0.25, 0.3) is 0 Å². The Morgan fingerprint density at radius 3 is 2.45 bits per heavy atom. The van der Waals surface area contributed by atoms with Gasteiger partial charge in [-0.1, -0.05) is 30.3 Å². The number of esters is 1. The Balaban J connectivity index is 2.82. The van der Waals surface area contributed by atoms with Gasteiger partial charge in [0.05, 0.1) is 0 Å². The van der Waals surface area contributed by atoms with Crippen molar-refractivity contribution in [1.29, 1.82) is 0 Å². The minimum Gasteiger partial charge on any atom is -0.458 e. The number of amides is 1. The molecule has 1 aromatic carbocycles. The van der Waals surface area contributed by atoms with E-state index in [-0.39, 0.29) is 6.54 Å². The average Bonchev–Trinajstić information content (AvgIpc) is 2.43. The van der Waals surface area contributed by atoms with Crippen LogP contribution in [0.25, 0.3) is 0 Å². The van der Waals surface area contributed by atoms with Crippen LogP contribution in [-0.2, 0) is 25.5 Å². The van der Waals surface area contributed by atoms with Crippen LogP contribution in [0.4, 0.5) is 0 Å². The second-order valence-electron chi connectivity index (χ2n) is 5.75. The summed E-state index contributed by atoms with van der Waals surface area (Å²) in [6.07, 6.45) is 1.58. The van der Waals surface area contributed by atoms with Crippen LogP contribution in [0, 0.1) is 0 Å². The van der Waals surface area contributed by atoms with Gasteiger partial charge in [0, 0.05) is 6.42 Å². The maximum Gasteiger partial charge on any atom is 0.329 e. The number of nitrogens with zero attached hydrogens (tertiary/aromatic N) is 1. The van der Waals surface area contributed by atoms with E-state index < -0.39 is 23.5 Å². The van der Waals surface area contributed by atoms with Gasteiger partial charge in [-0.05, 0) is 26.3 Å². The number of ether oxygens (including phenoxy) is 1. The molecule has 6 nitrogen and oxygen atoms in total. The molecule has 0 fully saturated rings. The predicted octanol–water partition coefficient (Wildman–Crippen LogP) is 1.39. The number of rotatable bonds is 6. The molecule has 1 atom stereocenters. The molecular formula is C16H20N2O4. The van der Waals surface area contributed by atoms with Crippen molar-refractivity contribution in [2.45, 2.75) is 38.8 Å². The maximum absolute atomic E-state index is 12.2. The fraction of sp³-hybridized carbons (Fsp3) is 0.438. The first kappa shape index (κ1) is 17.6. The van der Waals surface area contributed by atoms with Gasteiger partial charge in [-0.15, -0.1) is 0 Å². The number of hydrogen-bond donors (Lipinski definition) is 1. The summed E-state index contributed by atoms with van der Waals surface area (Å²) < 4.78 is 5.32. The lowest BCUT2D eigenvalue weighted by Crippen LogP contribution is -2.46. The topological polar surface area (TPSA) is 84.8 Å². The third kappa shape index (κ3) is 6.81. The Hall–Kier alpha value is -2.46. The van der Waals surface area contributed by atoms with Crippen molar-refractivity contribution in [2.75, 3.05) is 6.54 Å². The Morgan fingerprint density at radius 1 is 1.27 bits per heavy atom. The zero-order valence-electron chi connectivity index (χ0n) is 13.0. The minimum atomic E-state index is -0.837.